The van der Waals surface area contributed by atoms with Gasteiger partial charge < -0.3 is 29.1 Å². The second-order valence-corrected chi connectivity index (χ2v) is 12.3. The van der Waals surface area contributed by atoms with E-state index >= 15 is 0 Å². The number of rotatable bonds is 14. The van der Waals surface area contributed by atoms with Gasteiger partial charge in [-0.15, -0.1) is 0 Å². The average molecular weight is 630 g/mol. The number of hydrogen-bond acceptors (Lipinski definition) is 11. The number of nitro benzene ring substituents is 2. The van der Waals surface area contributed by atoms with E-state index in [1.54, 1.807) is 12.1 Å². The number of aliphatic hydroxyl groups excluding tert-OH is 1. The lowest BCUT2D eigenvalue weighted by molar-refractivity contribution is -0.385. The van der Waals surface area contributed by atoms with Crippen LogP contribution in [0, 0.1) is 20.2 Å². The first-order valence-corrected chi connectivity index (χ1v) is 15.9. The second-order valence-electron chi connectivity index (χ2n) is 12.3. The molecule has 0 spiro atoms. The highest BCUT2D eigenvalue weighted by Crippen LogP contribution is 2.36. The predicted molar refractivity (Wildman–Crippen MR) is 173 cm³/mol. The van der Waals surface area contributed by atoms with Gasteiger partial charge in [0.25, 0.3) is 11.4 Å². The molecule has 45 heavy (non-hydrogen) atoms. The van der Waals surface area contributed by atoms with Crippen molar-refractivity contribution in [1.29, 1.82) is 0 Å². The van der Waals surface area contributed by atoms with Crippen LogP contribution in [0.5, 0.6) is 11.5 Å². The maximum atomic E-state index is 11.1. The number of anilines is 2. The monoisotopic (exact) mass is 629 g/mol. The summed E-state index contributed by atoms with van der Waals surface area (Å²) in [5.74, 6) is 1.06. The van der Waals surface area contributed by atoms with Crippen LogP contribution in [-0.4, -0.2) is 96.7 Å². The summed E-state index contributed by atoms with van der Waals surface area (Å²) in [6.07, 6.45) is 4.01. The standard InChI is InChI=1S/C19H31N3O4.C13H16N2O4/c1-14(2)21(15(3)4)12-17(23)13-26-19-11-16(22(24)25)7-8-18(19)20-9-5-6-10-20;16-15(17)10-3-4-12(14-5-1-2-6-14)13(7-10)19-9-11-8-18-11/h7-8,11,14-15,17,23H,5-6,9-10,12-13H2,1-4H3;3-4,7,11H,1-2,5-6,8-9H2. The van der Waals surface area contributed by atoms with E-state index in [0.717, 1.165) is 63.2 Å². The van der Waals surface area contributed by atoms with Gasteiger partial charge in [-0.25, -0.2) is 0 Å². The normalized spacial score (nSPS) is 18.3. The zero-order chi connectivity index (χ0) is 32.5. The quantitative estimate of drug-likeness (QED) is 0.171. The predicted octanol–water partition coefficient (Wildman–Crippen LogP) is 5.03. The van der Waals surface area contributed by atoms with Gasteiger partial charge in [-0.05, 0) is 65.5 Å². The molecule has 248 valence electrons. The fourth-order valence-electron chi connectivity index (χ4n) is 5.75. The summed E-state index contributed by atoms with van der Waals surface area (Å²) in [6, 6.07) is 10.2. The minimum atomic E-state index is -0.662. The molecular weight excluding hydrogens is 582 g/mol. The number of non-ortho nitro benzene ring substituents is 2. The van der Waals surface area contributed by atoms with E-state index in [9.17, 15) is 25.3 Å². The van der Waals surface area contributed by atoms with Crippen molar-refractivity contribution in [3.63, 3.8) is 0 Å². The Morgan fingerprint density at radius 3 is 1.69 bits per heavy atom. The molecule has 0 saturated carbocycles. The van der Waals surface area contributed by atoms with Gasteiger partial charge in [0.15, 0.2) is 0 Å². The molecule has 13 heteroatoms. The van der Waals surface area contributed by atoms with Gasteiger partial charge in [0, 0.05) is 56.9 Å². The summed E-state index contributed by atoms with van der Waals surface area (Å²) in [6.45, 7) is 14.0. The van der Waals surface area contributed by atoms with Crippen LogP contribution < -0.4 is 19.3 Å². The molecule has 2 aromatic carbocycles. The van der Waals surface area contributed by atoms with Gasteiger partial charge in [0.1, 0.15) is 36.9 Å². The van der Waals surface area contributed by atoms with E-state index in [1.165, 1.54) is 24.3 Å². The van der Waals surface area contributed by atoms with Crippen molar-refractivity contribution in [2.24, 2.45) is 0 Å². The van der Waals surface area contributed by atoms with Crippen molar-refractivity contribution < 1.29 is 29.2 Å². The Morgan fingerprint density at radius 1 is 0.844 bits per heavy atom. The Kier molecular flexibility index (Phi) is 12.2. The number of aliphatic hydroxyl groups is 1. The lowest BCUT2D eigenvalue weighted by Crippen LogP contribution is -2.43. The molecule has 3 aliphatic rings. The molecule has 1 N–H and O–H groups in total. The minimum Gasteiger partial charge on any atom is -0.488 e. The topological polar surface area (TPSA) is 147 Å². The zero-order valence-corrected chi connectivity index (χ0v) is 26.8. The number of hydrogen-bond donors (Lipinski definition) is 1. The summed E-state index contributed by atoms with van der Waals surface area (Å²) in [5.41, 5.74) is 1.88. The molecule has 0 aromatic heterocycles. The van der Waals surface area contributed by atoms with Crippen LogP contribution in [0.3, 0.4) is 0 Å². The Hall–Kier alpha value is -3.68. The molecule has 13 nitrogen and oxygen atoms in total. The third kappa shape index (κ3) is 9.90. The molecule has 5 rings (SSSR count). The van der Waals surface area contributed by atoms with Crippen LogP contribution in [-0.2, 0) is 4.74 Å². The van der Waals surface area contributed by atoms with Crippen molar-refractivity contribution in [3.05, 3.63) is 56.6 Å². The molecule has 2 aromatic rings. The minimum absolute atomic E-state index is 0.00317. The van der Waals surface area contributed by atoms with Gasteiger partial charge in [0.2, 0.25) is 0 Å². The van der Waals surface area contributed by atoms with Crippen LogP contribution in [0.1, 0.15) is 53.4 Å². The van der Waals surface area contributed by atoms with Crippen LogP contribution in [0.2, 0.25) is 0 Å². The van der Waals surface area contributed by atoms with E-state index in [1.807, 2.05) is 0 Å². The summed E-state index contributed by atoms with van der Waals surface area (Å²) >= 11 is 0. The Labute approximate surface area is 264 Å². The van der Waals surface area contributed by atoms with E-state index in [2.05, 4.69) is 42.4 Å². The van der Waals surface area contributed by atoms with Gasteiger partial charge in [-0.3, -0.25) is 25.1 Å². The first kappa shape index (κ1) is 34.2. The third-order valence-electron chi connectivity index (χ3n) is 8.21. The molecule has 2 unspecified atom stereocenters. The molecule has 3 fully saturated rings. The first-order valence-electron chi connectivity index (χ1n) is 15.9. The van der Waals surface area contributed by atoms with Gasteiger partial charge in [-0.1, -0.05) is 0 Å². The molecule has 3 aliphatic heterocycles. The van der Waals surface area contributed by atoms with Crippen molar-refractivity contribution in [2.45, 2.75) is 77.7 Å². The molecule has 0 aliphatic carbocycles. The Morgan fingerprint density at radius 2 is 1.29 bits per heavy atom. The van der Waals surface area contributed by atoms with Crippen LogP contribution in [0.4, 0.5) is 22.7 Å². The molecule has 0 bridgehead atoms. The van der Waals surface area contributed by atoms with Gasteiger partial charge in [-0.2, -0.15) is 0 Å². The van der Waals surface area contributed by atoms with Crippen LogP contribution in [0.15, 0.2) is 36.4 Å². The number of nitrogens with zero attached hydrogens (tertiary/aromatic N) is 5. The lowest BCUT2D eigenvalue weighted by Gasteiger charge is -2.32. The fraction of sp³-hybridized carbons (Fsp3) is 0.625. The molecule has 0 radical (unpaired) electrons. The van der Waals surface area contributed by atoms with E-state index in [0.29, 0.717) is 43.3 Å². The van der Waals surface area contributed by atoms with E-state index < -0.39 is 16.0 Å². The maximum Gasteiger partial charge on any atom is 0.273 e. The highest BCUT2D eigenvalue weighted by atomic mass is 16.6. The van der Waals surface area contributed by atoms with Crippen molar-refractivity contribution in [3.8, 4) is 11.5 Å². The van der Waals surface area contributed by atoms with Crippen LogP contribution >= 0.6 is 0 Å². The fourth-order valence-corrected chi connectivity index (χ4v) is 5.75. The maximum absolute atomic E-state index is 11.1. The largest absolute Gasteiger partial charge is 0.488 e. The van der Waals surface area contributed by atoms with E-state index in [-0.39, 0.29) is 24.1 Å². The third-order valence-corrected chi connectivity index (χ3v) is 8.21. The summed E-state index contributed by atoms with van der Waals surface area (Å²) in [4.78, 5) is 27.7. The van der Waals surface area contributed by atoms with Crippen molar-refractivity contribution >= 4 is 22.7 Å². The molecule has 3 saturated heterocycles. The summed E-state index contributed by atoms with van der Waals surface area (Å²) in [5, 5.41) is 32.3. The number of ether oxygens (including phenoxy) is 3. The molecule has 3 heterocycles. The molecule has 2 atom stereocenters. The first-order chi connectivity index (χ1) is 21.5. The number of nitro groups is 2. The Balaban J connectivity index is 0.000000214. The zero-order valence-electron chi connectivity index (χ0n) is 26.8. The lowest BCUT2D eigenvalue weighted by atomic mass is 10.2. The van der Waals surface area contributed by atoms with Crippen molar-refractivity contribution in [2.75, 3.05) is 62.3 Å². The smallest absolute Gasteiger partial charge is 0.273 e. The highest BCUT2D eigenvalue weighted by Gasteiger charge is 2.26. The summed E-state index contributed by atoms with van der Waals surface area (Å²) in [7, 11) is 0. The Bertz CT molecular complexity index is 1270. The number of benzene rings is 2. The molecular formula is C32H47N5O8. The average Bonchev–Trinajstić information content (AvgIpc) is 3.41. The SMILES string of the molecule is CC(C)N(CC(O)COc1cc([N+](=O)[O-])ccc1N1CCCC1)C(C)C.O=[N+]([O-])c1ccc(N2CCCC2)c(OCC2CO2)c1. The van der Waals surface area contributed by atoms with Crippen molar-refractivity contribution in [1.82, 2.24) is 4.90 Å². The second kappa shape index (κ2) is 16.1. The van der Waals surface area contributed by atoms with Gasteiger partial charge >= 0.3 is 0 Å². The highest BCUT2D eigenvalue weighted by molar-refractivity contribution is 5.63. The number of epoxide rings is 1. The van der Waals surface area contributed by atoms with E-state index in [4.69, 9.17) is 14.2 Å². The van der Waals surface area contributed by atoms with Gasteiger partial charge in [0.05, 0.1) is 40.0 Å². The summed E-state index contributed by atoms with van der Waals surface area (Å²) < 4.78 is 16.6. The molecule has 0 amide bonds. The van der Waals surface area contributed by atoms with Crippen LogP contribution in [0.25, 0.3) is 0 Å².